The van der Waals surface area contributed by atoms with Crippen LogP contribution in [0.1, 0.15) is 23.7 Å². The van der Waals surface area contributed by atoms with Crippen molar-refractivity contribution in [2.24, 2.45) is 4.99 Å². The molecule has 1 aliphatic heterocycles. The van der Waals surface area contributed by atoms with Gasteiger partial charge >= 0.3 is 0 Å². The number of sulfonamides is 1. The molecule has 2 aromatic rings. The average Bonchev–Trinajstić information content (AvgIpc) is 2.72. The van der Waals surface area contributed by atoms with Gasteiger partial charge in [-0.2, -0.15) is 0 Å². The standard InChI is InChI=1S/C21H22N2O4S/c1-3-14-27-15-13-23-21(16(2)20(24)17-9-5-4-6-10-17)22-18-11-7-8-12-19(18)28(23,25)26/h4-12H,2-3,13-15H2,1H3. The Hall–Kier alpha value is -2.77. The molecule has 7 heteroatoms. The molecule has 0 unspecified atom stereocenters. The number of carbonyl (C=O) groups excluding carboxylic acids is 1. The second-order valence-electron chi connectivity index (χ2n) is 6.27. The van der Waals surface area contributed by atoms with E-state index in [1.54, 1.807) is 48.5 Å². The van der Waals surface area contributed by atoms with Gasteiger partial charge in [-0.05, 0) is 18.6 Å². The van der Waals surface area contributed by atoms with E-state index in [9.17, 15) is 13.2 Å². The quantitative estimate of drug-likeness (QED) is 0.387. The third kappa shape index (κ3) is 3.90. The van der Waals surface area contributed by atoms with Gasteiger partial charge in [0.15, 0.2) is 11.6 Å². The van der Waals surface area contributed by atoms with E-state index in [1.165, 1.54) is 6.07 Å². The zero-order valence-corrected chi connectivity index (χ0v) is 16.5. The number of fused-ring (bicyclic) bond motifs is 1. The van der Waals surface area contributed by atoms with Crippen molar-refractivity contribution in [1.29, 1.82) is 0 Å². The van der Waals surface area contributed by atoms with Crippen LogP contribution in [-0.2, 0) is 14.8 Å². The topological polar surface area (TPSA) is 76.0 Å². The number of aliphatic imine (C=N–C) groups is 1. The molecule has 0 bridgehead atoms. The van der Waals surface area contributed by atoms with Gasteiger partial charge in [-0.25, -0.2) is 17.7 Å². The first kappa shape index (κ1) is 20.0. The molecule has 0 atom stereocenters. The summed E-state index contributed by atoms with van der Waals surface area (Å²) in [5, 5.41) is 0. The van der Waals surface area contributed by atoms with Gasteiger partial charge in [-0.1, -0.05) is 56.0 Å². The molecule has 0 saturated heterocycles. The van der Waals surface area contributed by atoms with Crippen molar-refractivity contribution >= 4 is 27.3 Å². The fraction of sp³-hybridized carbons (Fsp3) is 0.238. The van der Waals surface area contributed by atoms with Crippen molar-refractivity contribution in [3.05, 3.63) is 72.3 Å². The summed E-state index contributed by atoms with van der Waals surface area (Å²) in [6.07, 6.45) is 0.829. The van der Waals surface area contributed by atoms with Crippen molar-refractivity contribution < 1.29 is 17.9 Å². The number of ketones is 1. The van der Waals surface area contributed by atoms with Crippen molar-refractivity contribution in [1.82, 2.24) is 4.31 Å². The van der Waals surface area contributed by atoms with E-state index < -0.39 is 10.0 Å². The summed E-state index contributed by atoms with van der Waals surface area (Å²) in [6.45, 7) is 6.61. The number of benzene rings is 2. The molecule has 0 amide bonds. The molecule has 3 rings (SSSR count). The lowest BCUT2D eigenvalue weighted by molar-refractivity contribution is 0.103. The fourth-order valence-electron chi connectivity index (χ4n) is 2.87. The maximum Gasteiger partial charge on any atom is 0.267 e. The van der Waals surface area contributed by atoms with Crippen LogP contribution in [-0.4, -0.2) is 44.1 Å². The zero-order valence-electron chi connectivity index (χ0n) is 15.7. The number of para-hydroxylation sites is 1. The maximum atomic E-state index is 13.2. The van der Waals surface area contributed by atoms with E-state index in [0.29, 0.717) is 17.9 Å². The smallest absolute Gasteiger partial charge is 0.267 e. The van der Waals surface area contributed by atoms with Crippen LogP contribution in [0.3, 0.4) is 0 Å². The van der Waals surface area contributed by atoms with Crippen molar-refractivity contribution in [3.63, 3.8) is 0 Å². The highest BCUT2D eigenvalue weighted by atomic mass is 32.2. The van der Waals surface area contributed by atoms with Gasteiger partial charge in [0.25, 0.3) is 10.0 Å². The molecule has 0 N–H and O–H groups in total. The molecule has 6 nitrogen and oxygen atoms in total. The molecule has 2 aromatic carbocycles. The van der Waals surface area contributed by atoms with E-state index in [-0.39, 0.29) is 35.2 Å². The molecule has 1 heterocycles. The number of rotatable bonds is 8. The molecule has 28 heavy (non-hydrogen) atoms. The third-order valence-corrected chi connectivity index (χ3v) is 6.10. The van der Waals surface area contributed by atoms with Crippen molar-refractivity contribution in [2.75, 3.05) is 19.8 Å². The van der Waals surface area contributed by atoms with Gasteiger partial charge in [0.2, 0.25) is 0 Å². The van der Waals surface area contributed by atoms with Gasteiger partial charge < -0.3 is 4.74 Å². The largest absolute Gasteiger partial charge is 0.380 e. The Morgan fingerprint density at radius 1 is 1.07 bits per heavy atom. The maximum absolute atomic E-state index is 13.2. The Morgan fingerprint density at radius 2 is 1.75 bits per heavy atom. The van der Waals surface area contributed by atoms with Gasteiger partial charge in [0, 0.05) is 12.2 Å². The summed E-state index contributed by atoms with van der Waals surface area (Å²) in [6, 6.07) is 15.1. The van der Waals surface area contributed by atoms with Crippen LogP contribution in [0.25, 0.3) is 0 Å². The molecule has 0 fully saturated rings. The molecular formula is C21H22N2O4S. The molecule has 0 radical (unpaired) electrons. The summed E-state index contributed by atoms with van der Waals surface area (Å²) in [4.78, 5) is 17.4. The summed E-state index contributed by atoms with van der Waals surface area (Å²) < 4.78 is 32.9. The number of ether oxygens (including phenoxy) is 1. The number of nitrogens with zero attached hydrogens (tertiary/aromatic N) is 2. The zero-order chi connectivity index (χ0) is 20.1. The van der Waals surface area contributed by atoms with E-state index in [2.05, 4.69) is 11.6 Å². The van der Waals surface area contributed by atoms with Crippen LogP contribution in [0.15, 0.2) is 76.6 Å². The van der Waals surface area contributed by atoms with Crippen molar-refractivity contribution in [2.45, 2.75) is 18.2 Å². The molecule has 0 aromatic heterocycles. The SMILES string of the molecule is C=C(C(=O)c1ccccc1)C1=Nc2ccccc2S(=O)(=O)N1CCOCCC. The molecule has 0 spiro atoms. The predicted molar refractivity (Wildman–Crippen MR) is 108 cm³/mol. The number of hydrogen-bond donors (Lipinski definition) is 0. The van der Waals surface area contributed by atoms with Crippen LogP contribution in [0, 0.1) is 0 Å². The van der Waals surface area contributed by atoms with Gasteiger partial charge in [0.1, 0.15) is 4.90 Å². The minimum absolute atomic E-state index is 0.0276. The number of carbonyl (C=O) groups is 1. The lowest BCUT2D eigenvalue weighted by atomic mass is 10.0. The van der Waals surface area contributed by atoms with E-state index in [4.69, 9.17) is 4.74 Å². The van der Waals surface area contributed by atoms with Gasteiger partial charge in [-0.15, -0.1) is 0 Å². The van der Waals surface area contributed by atoms with Crippen LogP contribution in [0.5, 0.6) is 0 Å². The lowest BCUT2D eigenvalue weighted by Crippen LogP contribution is -2.43. The lowest BCUT2D eigenvalue weighted by Gasteiger charge is -2.30. The normalized spacial score (nSPS) is 14.9. The molecular weight excluding hydrogens is 376 g/mol. The molecule has 1 aliphatic rings. The first-order chi connectivity index (χ1) is 13.5. The average molecular weight is 398 g/mol. The number of amidine groups is 1. The third-order valence-electron chi connectivity index (χ3n) is 4.26. The Bertz CT molecular complexity index is 1010. The Balaban J connectivity index is 2.00. The molecule has 0 aliphatic carbocycles. The van der Waals surface area contributed by atoms with E-state index in [0.717, 1.165) is 10.7 Å². The number of hydrogen-bond acceptors (Lipinski definition) is 5. The van der Waals surface area contributed by atoms with Crippen LogP contribution >= 0.6 is 0 Å². The Kier molecular flexibility index (Phi) is 6.06. The highest BCUT2D eigenvalue weighted by Crippen LogP contribution is 2.33. The van der Waals surface area contributed by atoms with E-state index in [1.807, 2.05) is 6.92 Å². The highest BCUT2D eigenvalue weighted by molar-refractivity contribution is 7.90. The molecule has 0 saturated carbocycles. The fourth-order valence-corrected chi connectivity index (χ4v) is 4.43. The van der Waals surface area contributed by atoms with Crippen molar-refractivity contribution in [3.8, 4) is 0 Å². The minimum Gasteiger partial charge on any atom is -0.380 e. The number of Topliss-reactive ketones (excluding diaryl/α,β-unsaturated/α-hetero) is 1. The van der Waals surface area contributed by atoms with Gasteiger partial charge in [-0.3, -0.25) is 4.79 Å². The van der Waals surface area contributed by atoms with Crippen LogP contribution in [0.2, 0.25) is 0 Å². The Morgan fingerprint density at radius 3 is 2.46 bits per heavy atom. The van der Waals surface area contributed by atoms with Crippen LogP contribution < -0.4 is 0 Å². The van der Waals surface area contributed by atoms with Gasteiger partial charge in [0.05, 0.1) is 24.4 Å². The van der Waals surface area contributed by atoms with E-state index >= 15 is 0 Å². The second kappa shape index (κ2) is 8.50. The monoisotopic (exact) mass is 398 g/mol. The second-order valence-corrected chi connectivity index (χ2v) is 8.10. The first-order valence-corrected chi connectivity index (χ1v) is 10.5. The molecule has 146 valence electrons. The first-order valence-electron chi connectivity index (χ1n) is 9.04. The Labute approximate surface area is 165 Å². The summed E-state index contributed by atoms with van der Waals surface area (Å²) in [5.41, 5.74) is 0.749. The predicted octanol–water partition coefficient (Wildman–Crippen LogP) is 3.59. The highest BCUT2D eigenvalue weighted by Gasteiger charge is 2.36. The van der Waals surface area contributed by atoms with Crippen LogP contribution in [0.4, 0.5) is 5.69 Å². The minimum atomic E-state index is -3.87. The summed E-state index contributed by atoms with van der Waals surface area (Å²) in [7, 11) is -3.87. The summed E-state index contributed by atoms with van der Waals surface area (Å²) >= 11 is 0. The summed E-state index contributed by atoms with van der Waals surface area (Å²) in [5.74, 6) is -0.332.